The molecule has 0 aliphatic rings. The largest absolute Gasteiger partial charge is 1.00 e. The van der Waals surface area contributed by atoms with Crippen molar-refractivity contribution in [3.63, 3.8) is 0 Å². The Morgan fingerprint density at radius 2 is 0.762 bits per heavy atom. The third kappa shape index (κ3) is 23.1. The zero-order valence-corrected chi connectivity index (χ0v) is 17.6. The van der Waals surface area contributed by atoms with Crippen molar-refractivity contribution in [2.75, 3.05) is 27.7 Å². The van der Waals surface area contributed by atoms with Crippen molar-refractivity contribution in [3.8, 4) is 0 Å². The molecule has 0 unspecified atom stereocenters. The van der Waals surface area contributed by atoms with Crippen LogP contribution in [-0.4, -0.2) is 32.2 Å². The van der Waals surface area contributed by atoms with Crippen molar-refractivity contribution in [3.05, 3.63) is 0 Å². The molecule has 0 aliphatic heterocycles. The number of unbranched alkanes of at least 4 members (excludes halogenated alkanes) is 13. The fourth-order valence-electron chi connectivity index (χ4n) is 2.78. The Balaban J connectivity index is 0. The molecule has 0 aromatic rings. The van der Waals surface area contributed by atoms with E-state index in [-0.39, 0.29) is 24.0 Å². The quantitative estimate of drug-likeness (QED) is 0.221. The molecule has 0 heterocycles. The minimum Gasteiger partial charge on any atom is -1.00 e. The van der Waals surface area contributed by atoms with Crippen LogP contribution >= 0.6 is 0 Å². The monoisotopic (exact) mass is 411 g/mol. The average molecular weight is 411 g/mol. The molecule has 0 saturated heterocycles. The van der Waals surface area contributed by atoms with Gasteiger partial charge < -0.3 is 28.5 Å². The normalized spacial score (nSPS) is 11.4. The first kappa shape index (κ1) is 23.9. The van der Waals surface area contributed by atoms with Gasteiger partial charge in [0.1, 0.15) is 0 Å². The Morgan fingerprint density at radius 1 is 0.476 bits per heavy atom. The highest BCUT2D eigenvalue weighted by Gasteiger charge is 2.04. The summed E-state index contributed by atoms with van der Waals surface area (Å²) in [5.41, 5.74) is 0. The highest BCUT2D eigenvalue weighted by Crippen LogP contribution is 2.13. The second-order valence-corrected chi connectivity index (χ2v) is 7.61. The summed E-state index contributed by atoms with van der Waals surface area (Å²) in [7, 11) is 6.88. The first-order valence-electron chi connectivity index (χ1n) is 9.36. The van der Waals surface area contributed by atoms with Gasteiger partial charge in [0.25, 0.3) is 0 Å². The molecule has 0 fully saturated rings. The van der Waals surface area contributed by atoms with Gasteiger partial charge in [-0.25, -0.2) is 0 Å². The van der Waals surface area contributed by atoms with Crippen molar-refractivity contribution in [1.29, 1.82) is 0 Å². The molecular formula is C19H42IN. The Bertz CT molecular complexity index is 186. The fraction of sp³-hybridized carbons (Fsp3) is 1.00. The van der Waals surface area contributed by atoms with E-state index in [4.69, 9.17) is 0 Å². The summed E-state index contributed by atoms with van der Waals surface area (Å²) >= 11 is 0. The van der Waals surface area contributed by atoms with E-state index in [1.54, 1.807) is 0 Å². The second kappa shape index (κ2) is 17.1. The first-order valence-corrected chi connectivity index (χ1v) is 9.36. The van der Waals surface area contributed by atoms with Gasteiger partial charge in [-0.05, 0) is 12.8 Å². The molecule has 0 radical (unpaired) electrons. The van der Waals surface area contributed by atoms with Crippen molar-refractivity contribution >= 4 is 0 Å². The van der Waals surface area contributed by atoms with Crippen molar-refractivity contribution in [2.24, 2.45) is 0 Å². The third-order valence-corrected chi connectivity index (χ3v) is 4.18. The number of halogens is 1. The molecule has 1 nitrogen and oxygen atoms in total. The van der Waals surface area contributed by atoms with Crippen LogP contribution in [0, 0.1) is 0 Å². The van der Waals surface area contributed by atoms with Crippen molar-refractivity contribution < 1.29 is 28.5 Å². The second-order valence-electron chi connectivity index (χ2n) is 7.61. The molecule has 0 aromatic heterocycles. The van der Waals surface area contributed by atoms with E-state index >= 15 is 0 Å². The fourth-order valence-corrected chi connectivity index (χ4v) is 2.78. The van der Waals surface area contributed by atoms with E-state index in [2.05, 4.69) is 28.1 Å². The molecule has 0 bridgehead atoms. The Kier molecular flexibility index (Phi) is 19.4. The smallest absolute Gasteiger partial charge is 0.0780 e. The van der Waals surface area contributed by atoms with E-state index in [9.17, 15) is 0 Å². The maximum absolute atomic E-state index is 2.29. The van der Waals surface area contributed by atoms with Gasteiger partial charge >= 0.3 is 0 Å². The lowest BCUT2D eigenvalue weighted by Crippen LogP contribution is -3.00. The topological polar surface area (TPSA) is 0 Å². The van der Waals surface area contributed by atoms with E-state index in [0.29, 0.717) is 0 Å². The summed E-state index contributed by atoms with van der Waals surface area (Å²) in [5, 5.41) is 0. The average Bonchev–Trinajstić information content (AvgIpc) is 2.38. The van der Waals surface area contributed by atoms with E-state index < -0.39 is 0 Å². The number of quaternary nitrogens is 1. The minimum atomic E-state index is 0. The molecular weight excluding hydrogens is 369 g/mol. The van der Waals surface area contributed by atoms with Gasteiger partial charge in [-0.3, -0.25) is 0 Å². The van der Waals surface area contributed by atoms with Gasteiger partial charge in [0, 0.05) is 0 Å². The van der Waals surface area contributed by atoms with Crippen LogP contribution in [0.3, 0.4) is 0 Å². The third-order valence-electron chi connectivity index (χ3n) is 4.18. The van der Waals surface area contributed by atoms with Gasteiger partial charge in [0.15, 0.2) is 0 Å². The maximum atomic E-state index is 2.29. The lowest BCUT2D eigenvalue weighted by Gasteiger charge is -2.23. The van der Waals surface area contributed by atoms with Crippen LogP contribution in [0.15, 0.2) is 0 Å². The highest BCUT2D eigenvalue weighted by atomic mass is 127. The van der Waals surface area contributed by atoms with Crippen molar-refractivity contribution in [1.82, 2.24) is 0 Å². The summed E-state index contributed by atoms with van der Waals surface area (Å²) in [6.45, 7) is 3.63. The lowest BCUT2D eigenvalue weighted by atomic mass is 10.0. The summed E-state index contributed by atoms with van der Waals surface area (Å²) in [6.07, 6.45) is 20.4. The zero-order valence-electron chi connectivity index (χ0n) is 15.4. The number of hydrogen-bond donors (Lipinski definition) is 0. The first-order chi connectivity index (χ1) is 9.56. The molecule has 0 N–H and O–H groups in total. The number of nitrogens with zero attached hydrogens (tertiary/aromatic N) is 1. The van der Waals surface area contributed by atoms with Crippen LogP contribution in [0.4, 0.5) is 0 Å². The molecule has 0 saturated carbocycles. The summed E-state index contributed by atoms with van der Waals surface area (Å²) in [4.78, 5) is 0. The van der Waals surface area contributed by atoms with Crippen LogP contribution < -0.4 is 24.0 Å². The zero-order chi connectivity index (χ0) is 15.1. The SMILES string of the molecule is CCCCCCCCCCCCCCCC[N+](C)(C)C.[I-]. The van der Waals surface area contributed by atoms with Gasteiger partial charge in [0.2, 0.25) is 0 Å². The molecule has 0 rings (SSSR count). The van der Waals surface area contributed by atoms with Crippen molar-refractivity contribution in [2.45, 2.75) is 96.8 Å². The molecule has 2 heteroatoms. The van der Waals surface area contributed by atoms with Crippen LogP contribution in [-0.2, 0) is 0 Å². The highest BCUT2D eigenvalue weighted by molar-refractivity contribution is 4.49. The van der Waals surface area contributed by atoms with Crippen LogP contribution in [0.5, 0.6) is 0 Å². The molecule has 130 valence electrons. The van der Waals surface area contributed by atoms with Crippen LogP contribution in [0.1, 0.15) is 96.8 Å². The van der Waals surface area contributed by atoms with Crippen LogP contribution in [0.25, 0.3) is 0 Å². The van der Waals surface area contributed by atoms with E-state index in [1.165, 1.54) is 96.4 Å². The Labute approximate surface area is 152 Å². The minimum absolute atomic E-state index is 0. The standard InChI is InChI=1S/C19H42N.HI/c1-5-6-7-8-9-10-11-12-13-14-15-16-17-18-19-20(2,3)4;/h5-19H2,1-4H3;1H/q+1;/p-1. The Hall–Kier alpha value is 0.690. The molecule has 21 heavy (non-hydrogen) atoms. The maximum Gasteiger partial charge on any atom is 0.0780 e. The van der Waals surface area contributed by atoms with E-state index in [1.807, 2.05) is 0 Å². The van der Waals surface area contributed by atoms with Crippen LogP contribution in [0.2, 0.25) is 0 Å². The predicted molar refractivity (Wildman–Crippen MR) is 93.2 cm³/mol. The summed E-state index contributed by atoms with van der Waals surface area (Å²) in [5.74, 6) is 0. The van der Waals surface area contributed by atoms with Gasteiger partial charge in [-0.2, -0.15) is 0 Å². The summed E-state index contributed by atoms with van der Waals surface area (Å²) in [6, 6.07) is 0. The molecule has 0 aliphatic carbocycles. The lowest BCUT2D eigenvalue weighted by molar-refractivity contribution is -0.870. The predicted octanol–water partition coefficient (Wildman–Crippen LogP) is 3.18. The molecule has 0 aromatic carbocycles. The van der Waals surface area contributed by atoms with Gasteiger partial charge in [-0.15, -0.1) is 0 Å². The van der Waals surface area contributed by atoms with Gasteiger partial charge in [0.05, 0.1) is 27.7 Å². The molecule has 0 atom stereocenters. The molecule has 0 amide bonds. The molecule has 0 spiro atoms. The Morgan fingerprint density at radius 3 is 1.05 bits per heavy atom. The van der Waals surface area contributed by atoms with Gasteiger partial charge in [-0.1, -0.05) is 84.0 Å². The van der Waals surface area contributed by atoms with E-state index in [0.717, 1.165) is 4.48 Å². The summed E-state index contributed by atoms with van der Waals surface area (Å²) < 4.78 is 1.12. The number of rotatable bonds is 15. The number of hydrogen-bond acceptors (Lipinski definition) is 0.